The zero-order chi connectivity index (χ0) is 13.9. The highest BCUT2D eigenvalue weighted by molar-refractivity contribution is 7.16. The van der Waals surface area contributed by atoms with Gasteiger partial charge in [-0.25, -0.2) is 0 Å². The van der Waals surface area contributed by atoms with Crippen molar-refractivity contribution < 1.29 is 4.74 Å². The molecule has 108 valence electrons. The summed E-state index contributed by atoms with van der Waals surface area (Å²) < 4.78 is 5.85. The first kappa shape index (κ1) is 16.3. The van der Waals surface area contributed by atoms with Gasteiger partial charge in [-0.15, -0.1) is 11.3 Å². The van der Waals surface area contributed by atoms with E-state index in [0.29, 0.717) is 0 Å². The highest BCUT2D eigenvalue weighted by Crippen LogP contribution is 2.21. The summed E-state index contributed by atoms with van der Waals surface area (Å²) in [4.78, 5) is 5.76. The van der Waals surface area contributed by atoms with E-state index in [1.54, 1.807) is 18.4 Å². The molecule has 0 amide bonds. The van der Waals surface area contributed by atoms with Gasteiger partial charge in [-0.3, -0.25) is 4.99 Å². The van der Waals surface area contributed by atoms with Crippen molar-refractivity contribution in [2.75, 3.05) is 33.4 Å². The lowest BCUT2D eigenvalue weighted by Gasteiger charge is -2.10. The predicted octanol–water partition coefficient (Wildman–Crippen LogP) is 2.54. The van der Waals surface area contributed by atoms with Gasteiger partial charge in [0.05, 0.1) is 4.34 Å². The SMILES string of the molecule is CCNC(=NCCCOC)NCCc1ccc(Cl)s1. The Bertz CT molecular complexity index is 382. The van der Waals surface area contributed by atoms with Gasteiger partial charge >= 0.3 is 0 Å². The average Bonchev–Trinajstić information content (AvgIpc) is 2.80. The number of methoxy groups -OCH3 is 1. The van der Waals surface area contributed by atoms with E-state index in [2.05, 4.69) is 28.6 Å². The molecule has 0 aliphatic rings. The molecule has 1 aromatic heterocycles. The first-order chi connectivity index (χ1) is 9.26. The van der Waals surface area contributed by atoms with Crippen LogP contribution in [0.15, 0.2) is 17.1 Å². The number of guanidine groups is 1. The minimum absolute atomic E-state index is 0.747. The molecular weight excluding hydrogens is 282 g/mol. The molecule has 0 unspecified atom stereocenters. The van der Waals surface area contributed by atoms with Crippen LogP contribution in [0, 0.1) is 0 Å². The fraction of sp³-hybridized carbons (Fsp3) is 0.615. The number of halogens is 1. The van der Waals surface area contributed by atoms with Crippen LogP contribution >= 0.6 is 22.9 Å². The molecule has 6 heteroatoms. The van der Waals surface area contributed by atoms with E-state index in [1.807, 2.05) is 6.07 Å². The Balaban J connectivity index is 2.28. The molecule has 0 fully saturated rings. The topological polar surface area (TPSA) is 45.7 Å². The Morgan fingerprint density at radius 2 is 2.26 bits per heavy atom. The second kappa shape index (κ2) is 10.1. The maximum absolute atomic E-state index is 5.90. The molecule has 0 aliphatic carbocycles. The summed E-state index contributed by atoms with van der Waals surface area (Å²) in [6.45, 7) is 5.30. The van der Waals surface area contributed by atoms with Crippen molar-refractivity contribution in [2.24, 2.45) is 4.99 Å². The Hall–Kier alpha value is -0.780. The first-order valence-corrected chi connectivity index (χ1v) is 7.71. The molecule has 0 bridgehead atoms. The Kier molecular flexibility index (Phi) is 8.62. The van der Waals surface area contributed by atoms with Crippen molar-refractivity contribution in [3.63, 3.8) is 0 Å². The van der Waals surface area contributed by atoms with Gasteiger partial charge in [-0.1, -0.05) is 11.6 Å². The highest BCUT2D eigenvalue weighted by atomic mass is 35.5. The molecule has 0 aromatic carbocycles. The van der Waals surface area contributed by atoms with Crippen molar-refractivity contribution in [3.8, 4) is 0 Å². The molecule has 0 radical (unpaired) electrons. The average molecular weight is 304 g/mol. The van der Waals surface area contributed by atoms with E-state index < -0.39 is 0 Å². The van der Waals surface area contributed by atoms with Gasteiger partial charge in [0.2, 0.25) is 0 Å². The van der Waals surface area contributed by atoms with Crippen molar-refractivity contribution in [3.05, 3.63) is 21.3 Å². The van der Waals surface area contributed by atoms with Crippen LogP contribution in [0.3, 0.4) is 0 Å². The van der Waals surface area contributed by atoms with Crippen molar-refractivity contribution in [1.82, 2.24) is 10.6 Å². The van der Waals surface area contributed by atoms with Gasteiger partial charge in [0.25, 0.3) is 0 Å². The molecule has 2 N–H and O–H groups in total. The van der Waals surface area contributed by atoms with Crippen LogP contribution in [0.4, 0.5) is 0 Å². The van der Waals surface area contributed by atoms with Gasteiger partial charge < -0.3 is 15.4 Å². The molecular formula is C13H22ClN3OS. The number of rotatable bonds is 8. The maximum Gasteiger partial charge on any atom is 0.191 e. The van der Waals surface area contributed by atoms with Gasteiger partial charge in [-0.2, -0.15) is 0 Å². The standard InChI is InChI=1S/C13H22ClN3OS/c1-3-15-13(16-8-4-10-18-2)17-9-7-11-5-6-12(14)19-11/h5-6H,3-4,7-10H2,1-2H3,(H2,15,16,17). The summed E-state index contributed by atoms with van der Waals surface area (Å²) >= 11 is 7.53. The summed E-state index contributed by atoms with van der Waals surface area (Å²) in [5, 5.41) is 6.54. The van der Waals surface area contributed by atoms with E-state index >= 15 is 0 Å². The van der Waals surface area contributed by atoms with E-state index in [0.717, 1.165) is 49.4 Å². The minimum atomic E-state index is 0.747. The highest BCUT2D eigenvalue weighted by Gasteiger charge is 2.00. The summed E-state index contributed by atoms with van der Waals surface area (Å²) in [5.74, 6) is 0.862. The Morgan fingerprint density at radius 1 is 1.42 bits per heavy atom. The van der Waals surface area contributed by atoms with Gasteiger partial charge in [0.15, 0.2) is 5.96 Å². The third-order valence-corrected chi connectivity index (χ3v) is 3.70. The number of hydrogen-bond acceptors (Lipinski definition) is 3. The quantitative estimate of drug-likeness (QED) is 0.441. The molecule has 1 rings (SSSR count). The lowest BCUT2D eigenvalue weighted by atomic mass is 10.3. The third kappa shape index (κ3) is 7.40. The molecule has 0 saturated carbocycles. The number of thiophene rings is 1. The maximum atomic E-state index is 5.90. The number of nitrogens with zero attached hydrogens (tertiary/aromatic N) is 1. The van der Waals surface area contributed by atoms with Crippen molar-refractivity contribution in [1.29, 1.82) is 0 Å². The lowest BCUT2D eigenvalue weighted by Crippen LogP contribution is -2.38. The molecule has 1 heterocycles. The summed E-state index contributed by atoms with van der Waals surface area (Å²) in [7, 11) is 1.71. The van der Waals surface area contributed by atoms with Gasteiger partial charge in [0, 0.05) is 38.2 Å². The molecule has 1 aromatic rings. The lowest BCUT2D eigenvalue weighted by molar-refractivity contribution is 0.197. The second-order valence-electron chi connectivity index (χ2n) is 3.99. The van der Waals surface area contributed by atoms with Crippen LogP contribution in [0.25, 0.3) is 0 Å². The zero-order valence-electron chi connectivity index (χ0n) is 11.5. The first-order valence-electron chi connectivity index (χ1n) is 6.51. The predicted molar refractivity (Wildman–Crippen MR) is 83.5 cm³/mol. The van der Waals surface area contributed by atoms with Crippen molar-refractivity contribution >= 4 is 28.9 Å². The van der Waals surface area contributed by atoms with Gasteiger partial charge in [0.1, 0.15) is 0 Å². The fourth-order valence-corrected chi connectivity index (χ4v) is 2.62. The smallest absolute Gasteiger partial charge is 0.191 e. The minimum Gasteiger partial charge on any atom is -0.385 e. The van der Waals surface area contributed by atoms with Crippen LogP contribution in [-0.2, 0) is 11.2 Å². The van der Waals surface area contributed by atoms with Crippen LogP contribution in [0.5, 0.6) is 0 Å². The normalized spacial score (nSPS) is 11.6. The Labute approximate surface area is 124 Å². The van der Waals surface area contributed by atoms with Crippen molar-refractivity contribution in [2.45, 2.75) is 19.8 Å². The molecule has 4 nitrogen and oxygen atoms in total. The van der Waals surface area contributed by atoms with Crippen LogP contribution in [-0.4, -0.2) is 39.3 Å². The summed E-state index contributed by atoms with van der Waals surface area (Å²) in [5.41, 5.74) is 0. The molecule has 19 heavy (non-hydrogen) atoms. The van der Waals surface area contributed by atoms with E-state index in [-0.39, 0.29) is 0 Å². The molecule has 0 atom stereocenters. The second-order valence-corrected chi connectivity index (χ2v) is 5.79. The Morgan fingerprint density at radius 3 is 2.89 bits per heavy atom. The number of hydrogen-bond donors (Lipinski definition) is 2. The largest absolute Gasteiger partial charge is 0.385 e. The van der Waals surface area contributed by atoms with E-state index in [4.69, 9.17) is 16.3 Å². The number of nitrogens with one attached hydrogen (secondary N) is 2. The van der Waals surface area contributed by atoms with Crippen LogP contribution in [0.2, 0.25) is 4.34 Å². The molecule has 0 spiro atoms. The van der Waals surface area contributed by atoms with E-state index in [9.17, 15) is 0 Å². The number of aliphatic imine (C=N–C) groups is 1. The van der Waals surface area contributed by atoms with Gasteiger partial charge in [-0.05, 0) is 31.9 Å². The zero-order valence-corrected chi connectivity index (χ0v) is 13.1. The van der Waals surface area contributed by atoms with Crippen LogP contribution in [0.1, 0.15) is 18.2 Å². The van der Waals surface area contributed by atoms with Crippen LogP contribution < -0.4 is 10.6 Å². The number of ether oxygens (including phenoxy) is 1. The monoisotopic (exact) mass is 303 g/mol. The third-order valence-electron chi connectivity index (χ3n) is 2.41. The molecule has 0 saturated heterocycles. The summed E-state index contributed by atoms with van der Waals surface area (Å²) in [6, 6.07) is 4.00. The summed E-state index contributed by atoms with van der Waals surface area (Å²) in [6.07, 6.45) is 1.90. The fourth-order valence-electron chi connectivity index (χ4n) is 1.53. The van der Waals surface area contributed by atoms with E-state index in [1.165, 1.54) is 4.88 Å². The molecule has 0 aliphatic heterocycles.